The topological polar surface area (TPSA) is 61.9 Å². The van der Waals surface area contributed by atoms with Crippen LogP contribution in [-0.2, 0) is 21.4 Å². The number of rotatable bonds is 10. The minimum atomic E-state index is -4.78. The number of amides is 2. The van der Waals surface area contributed by atoms with Gasteiger partial charge >= 0.3 is 6.36 Å². The molecule has 190 valence electrons. The van der Waals surface area contributed by atoms with Crippen LogP contribution in [0.1, 0.15) is 24.0 Å². The van der Waals surface area contributed by atoms with Crippen molar-refractivity contribution in [1.29, 1.82) is 0 Å². The molecule has 35 heavy (non-hydrogen) atoms. The van der Waals surface area contributed by atoms with E-state index in [1.165, 1.54) is 24.3 Å². The molecule has 0 aromatic heterocycles. The van der Waals surface area contributed by atoms with Crippen LogP contribution in [0.2, 0.25) is 0 Å². The molecule has 6 nitrogen and oxygen atoms in total. The third kappa shape index (κ3) is 7.44. The van der Waals surface area contributed by atoms with E-state index in [4.69, 9.17) is 0 Å². The lowest BCUT2D eigenvalue weighted by Gasteiger charge is -2.27. The Morgan fingerprint density at radius 3 is 2.14 bits per heavy atom. The van der Waals surface area contributed by atoms with Crippen molar-refractivity contribution in [3.05, 3.63) is 64.1 Å². The molecule has 0 bridgehead atoms. The second-order valence-corrected chi connectivity index (χ2v) is 9.99. The average molecular weight is 556 g/mol. The molecule has 0 aliphatic heterocycles. The first-order valence-corrected chi connectivity index (χ1v) is 12.0. The van der Waals surface area contributed by atoms with Crippen LogP contribution in [0.3, 0.4) is 0 Å². The van der Waals surface area contributed by atoms with Gasteiger partial charge < -0.3 is 19.9 Å². The molecule has 0 unspecified atom stereocenters. The second kappa shape index (κ2) is 11.0. The predicted molar refractivity (Wildman–Crippen MR) is 130 cm³/mol. The quantitative estimate of drug-likeness (QED) is 0.479. The van der Waals surface area contributed by atoms with E-state index in [1.54, 1.807) is 11.9 Å². The van der Waals surface area contributed by atoms with Gasteiger partial charge in [-0.15, -0.1) is 13.2 Å². The summed E-state index contributed by atoms with van der Waals surface area (Å²) in [4.78, 5) is 30.2. The van der Waals surface area contributed by atoms with Crippen molar-refractivity contribution in [2.24, 2.45) is 0 Å². The van der Waals surface area contributed by atoms with Crippen LogP contribution in [0.15, 0.2) is 53.0 Å². The molecule has 0 heterocycles. The van der Waals surface area contributed by atoms with Gasteiger partial charge in [-0.25, -0.2) is 0 Å². The Labute approximate surface area is 211 Å². The van der Waals surface area contributed by atoms with E-state index in [-0.39, 0.29) is 17.6 Å². The number of hydrogen-bond acceptors (Lipinski definition) is 4. The van der Waals surface area contributed by atoms with Gasteiger partial charge in [-0.1, -0.05) is 40.2 Å². The lowest BCUT2D eigenvalue weighted by atomic mass is 9.94. The summed E-state index contributed by atoms with van der Waals surface area (Å²) >= 11 is 3.40. The van der Waals surface area contributed by atoms with E-state index in [2.05, 4.69) is 26.0 Å². The predicted octanol–water partition coefficient (Wildman–Crippen LogP) is 4.13. The number of benzene rings is 2. The highest BCUT2D eigenvalue weighted by Crippen LogP contribution is 2.49. The van der Waals surface area contributed by atoms with Crippen LogP contribution in [0.25, 0.3) is 0 Å². The number of hydrogen-bond donors (Lipinski definition) is 1. The molecule has 1 fully saturated rings. The number of alkyl halides is 3. The number of halogens is 4. The van der Waals surface area contributed by atoms with Gasteiger partial charge in [0.05, 0.1) is 5.41 Å². The van der Waals surface area contributed by atoms with Crippen molar-refractivity contribution in [3.8, 4) is 5.75 Å². The Hall–Kier alpha value is -2.59. The van der Waals surface area contributed by atoms with E-state index < -0.39 is 17.8 Å². The summed E-state index contributed by atoms with van der Waals surface area (Å²) < 4.78 is 42.3. The number of nitrogens with one attached hydrogen (secondary N) is 1. The molecule has 2 amide bonds. The van der Waals surface area contributed by atoms with Gasteiger partial charge in [0.2, 0.25) is 11.8 Å². The molecule has 1 saturated carbocycles. The number of ether oxygens (including phenoxy) is 1. The van der Waals surface area contributed by atoms with Crippen LogP contribution in [-0.4, -0.2) is 68.3 Å². The fourth-order valence-electron chi connectivity index (χ4n) is 3.83. The molecule has 0 radical (unpaired) electrons. The summed E-state index contributed by atoms with van der Waals surface area (Å²) in [7, 11) is 5.54. The zero-order chi connectivity index (χ0) is 25.8. The van der Waals surface area contributed by atoms with Crippen LogP contribution in [0.4, 0.5) is 13.2 Å². The summed E-state index contributed by atoms with van der Waals surface area (Å²) in [5, 5.41) is 2.94. The summed E-state index contributed by atoms with van der Waals surface area (Å²) in [5.74, 6) is -0.852. The number of nitrogens with zero attached hydrogens (tertiary/aromatic N) is 2. The van der Waals surface area contributed by atoms with Gasteiger partial charge in [0.15, 0.2) is 0 Å². The minimum absolute atomic E-state index is 0.201. The first-order valence-electron chi connectivity index (χ1n) is 11.2. The van der Waals surface area contributed by atoms with Crippen molar-refractivity contribution < 1.29 is 27.5 Å². The molecule has 0 spiro atoms. The molecule has 1 aliphatic rings. The Balaban J connectivity index is 1.77. The van der Waals surface area contributed by atoms with Crippen LogP contribution in [0.5, 0.6) is 5.75 Å². The number of carbonyl (C=O) groups is 2. The van der Waals surface area contributed by atoms with Crippen LogP contribution >= 0.6 is 15.9 Å². The normalized spacial score (nSPS) is 15.4. The maximum atomic E-state index is 13.4. The summed E-state index contributed by atoms with van der Waals surface area (Å²) in [6, 6.07) is 12.1. The van der Waals surface area contributed by atoms with E-state index in [1.807, 2.05) is 43.3 Å². The molecule has 3 rings (SSSR count). The highest BCUT2D eigenvalue weighted by Gasteiger charge is 2.52. The van der Waals surface area contributed by atoms with Crippen LogP contribution in [0, 0.1) is 0 Å². The maximum Gasteiger partial charge on any atom is 0.573 e. The van der Waals surface area contributed by atoms with Gasteiger partial charge in [-0.05, 0) is 62.3 Å². The molecule has 2 aromatic carbocycles. The smallest absolute Gasteiger partial charge is 0.406 e. The Kier molecular flexibility index (Phi) is 8.48. The molecule has 1 aliphatic carbocycles. The van der Waals surface area contributed by atoms with E-state index in [9.17, 15) is 22.8 Å². The van der Waals surface area contributed by atoms with Crippen molar-refractivity contribution in [1.82, 2.24) is 15.1 Å². The molecule has 2 aromatic rings. The van der Waals surface area contributed by atoms with Crippen molar-refractivity contribution in [3.63, 3.8) is 0 Å². The Morgan fingerprint density at radius 2 is 1.63 bits per heavy atom. The second-order valence-electron chi connectivity index (χ2n) is 9.07. The highest BCUT2D eigenvalue weighted by atomic mass is 79.9. The summed E-state index contributed by atoms with van der Waals surface area (Å²) in [6.45, 7) is 1.18. The van der Waals surface area contributed by atoms with Crippen molar-refractivity contribution in [2.75, 3.05) is 34.2 Å². The summed E-state index contributed by atoms with van der Waals surface area (Å²) in [6.07, 6.45) is -3.37. The SMILES string of the molecule is CN(C)CCN(C)C(=O)[C@H](Cc1ccc(Br)cc1)NC(=O)C1(c2ccc(OC(F)(F)F)cc2)CC1. The van der Waals surface area contributed by atoms with Gasteiger partial charge in [0.25, 0.3) is 0 Å². The minimum Gasteiger partial charge on any atom is -0.406 e. The van der Waals surface area contributed by atoms with Gasteiger partial charge in [-0.2, -0.15) is 0 Å². The van der Waals surface area contributed by atoms with Gasteiger partial charge in [0.1, 0.15) is 11.8 Å². The summed E-state index contributed by atoms with van der Waals surface area (Å²) in [5.41, 5.74) is 0.628. The standard InChI is InChI=1S/C25H29BrF3N3O3/c1-31(2)14-15-32(3)22(33)21(16-17-4-8-19(26)9-5-17)30-23(34)24(12-13-24)18-6-10-20(11-7-18)35-25(27,28)29/h4-11,21H,12-16H2,1-3H3,(H,30,34)/t21-/m0/s1. The maximum absolute atomic E-state index is 13.4. The zero-order valence-corrected chi connectivity index (χ0v) is 21.4. The lowest BCUT2D eigenvalue weighted by molar-refractivity contribution is -0.274. The zero-order valence-electron chi connectivity index (χ0n) is 19.9. The first-order chi connectivity index (χ1) is 16.4. The third-order valence-electron chi connectivity index (χ3n) is 6.04. The van der Waals surface area contributed by atoms with Crippen molar-refractivity contribution >= 4 is 27.7 Å². The monoisotopic (exact) mass is 555 g/mol. The Bertz CT molecular complexity index is 1020. The molecule has 1 N–H and O–H groups in total. The molecule has 0 saturated heterocycles. The van der Waals surface area contributed by atoms with Gasteiger partial charge in [0, 0.05) is 31.0 Å². The van der Waals surface area contributed by atoms with E-state index >= 15 is 0 Å². The molecule has 1 atom stereocenters. The van der Waals surface area contributed by atoms with Gasteiger partial charge in [-0.3, -0.25) is 9.59 Å². The third-order valence-corrected chi connectivity index (χ3v) is 6.57. The molecule has 10 heteroatoms. The first kappa shape index (κ1) is 27.0. The molecular weight excluding hydrogens is 527 g/mol. The van der Waals surface area contributed by atoms with Crippen LogP contribution < -0.4 is 10.1 Å². The highest BCUT2D eigenvalue weighted by molar-refractivity contribution is 9.10. The lowest BCUT2D eigenvalue weighted by Crippen LogP contribution is -2.52. The van der Waals surface area contributed by atoms with E-state index in [0.29, 0.717) is 37.9 Å². The number of carbonyl (C=O) groups excluding carboxylic acids is 2. The largest absolute Gasteiger partial charge is 0.573 e. The van der Waals surface area contributed by atoms with E-state index in [0.717, 1.165) is 10.0 Å². The average Bonchev–Trinajstić information content (AvgIpc) is 3.59. The van der Waals surface area contributed by atoms with Crippen molar-refractivity contribution in [2.45, 2.75) is 37.1 Å². The molecular formula is C25H29BrF3N3O3. The fourth-order valence-corrected chi connectivity index (χ4v) is 4.09. The fraction of sp³-hybridized carbons (Fsp3) is 0.440. The number of likely N-dealkylation sites (N-methyl/N-ethyl adjacent to an activating group) is 2. The Morgan fingerprint density at radius 1 is 1.03 bits per heavy atom.